The average molecular weight is 345 g/mol. The van der Waals surface area contributed by atoms with Gasteiger partial charge in [-0.1, -0.05) is 48.5 Å². The van der Waals surface area contributed by atoms with Crippen LogP contribution in [0.1, 0.15) is 41.0 Å². The minimum Gasteiger partial charge on any atom is -0.351 e. The van der Waals surface area contributed by atoms with Gasteiger partial charge in [0, 0.05) is 25.5 Å². The Morgan fingerprint density at radius 1 is 1.12 bits per heavy atom. The van der Waals surface area contributed by atoms with Crippen molar-refractivity contribution >= 4 is 5.91 Å². The molecular formula is C22H23N3O. The van der Waals surface area contributed by atoms with Crippen molar-refractivity contribution in [3.63, 3.8) is 0 Å². The Kier molecular flexibility index (Phi) is 4.82. The van der Waals surface area contributed by atoms with Gasteiger partial charge in [0.25, 0.3) is 0 Å². The third-order valence-corrected chi connectivity index (χ3v) is 5.10. The van der Waals surface area contributed by atoms with Gasteiger partial charge in [-0.25, -0.2) is 4.98 Å². The maximum atomic E-state index is 12.7. The van der Waals surface area contributed by atoms with E-state index in [-0.39, 0.29) is 11.8 Å². The zero-order chi connectivity index (χ0) is 17.8. The van der Waals surface area contributed by atoms with E-state index in [0.717, 1.165) is 31.4 Å². The van der Waals surface area contributed by atoms with E-state index >= 15 is 0 Å². The molecule has 26 heavy (non-hydrogen) atoms. The van der Waals surface area contributed by atoms with Gasteiger partial charge < -0.3 is 9.88 Å². The van der Waals surface area contributed by atoms with Crippen LogP contribution < -0.4 is 5.32 Å². The first-order valence-electron chi connectivity index (χ1n) is 9.19. The van der Waals surface area contributed by atoms with Crippen molar-refractivity contribution in [2.24, 2.45) is 0 Å². The highest BCUT2D eigenvalue weighted by atomic mass is 16.1. The smallest absolute Gasteiger partial charge is 0.227 e. The normalized spacial score (nSPS) is 16.1. The van der Waals surface area contributed by atoms with Crippen molar-refractivity contribution in [3.05, 3.63) is 89.5 Å². The van der Waals surface area contributed by atoms with Crippen LogP contribution in [0.5, 0.6) is 0 Å². The molecule has 0 radical (unpaired) electrons. The Morgan fingerprint density at radius 3 is 2.73 bits per heavy atom. The number of hydrogen-bond acceptors (Lipinski definition) is 2. The predicted molar refractivity (Wildman–Crippen MR) is 102 cm³/mol. The fourth-order valence-corrected chi connectivity index (χ4v) is 3.69. The lowest BCUT2D eigenvalue weighted by Gasteiger charge is -2.24. The maximum Gasteiger partial charge on any atom is 0.227 e. The van der Waals surface area contributed by atoms with Crippen LogP contribution >= 0.6 is 0 Å². The molecule has 132 valence electrons. The molecule has 1 heterocycles. The monoisotopic (exact) mass is 345 g/mol. The van der Waals surface area contributed by atoms with E-state index in [9.17, 15) is 4.79 Å². The van der Waals surface area contributed by atoms with Crippen molar-refractivity contribution in [2.75, 3.05) is 0 Å². The van der Waals surface area contributed by atoms with Crippen LogP contribution in [0.25, 0.3) is 0 Å². The van der Waals surface area contributed by atoms with E-state index in [1.54, 1.807) is 6.20 Å². The number of aromatic nitrogens is 2. The highest BCUT2D eigenvalue weighted by Crippen LogP contribution is 2.31. The van der Waals surface area contributed by atoms with E-state index < -0.39 is 0 Å². The molecule has 4 rings (SSSR count). The van der Waals surface area contributed by atoms with Crippen molar-refractivity contribution in [3.8, 4) is 0 Å². The summed E-state index contributed by atoms with van der Waals surface area (Å²) in [5.74, 6) is 0.125. The van der Waals surface area contributed by atoms with Gasteiger partial charge in [0.2, 0.25) is 5.91 Å². The fourth-order valence-electron chi connectivity index (χ4n) is 3.69. The van der Waals surface area contributed by atoms with Crippen LogP contribution in [0.4, 0.5) is 0 Å². The highest BCUT2D eigenvalue weighted by Gasteiger charge is 2.25. The van der Waals surface area contributed by atoms with Gasteiger partial charge in [-0.15, -0.1) is 0 Å². The molecule has 4 heteroatoms. The van der Waals surface area contributed by atoms with Crippen molar-refractivity contribution in [2.45, 2.75) is 38.3 Å². The summed E-state index contributed by atoms with van der Waals surface area (Å²) in [6.45, 7) is 1.38. The lowest BCUT2D eigenvalue weighted by atomic mass is 9.82. The number of rotatable bonds is 5. The van der Waals surface area contributed by atoms with E-state index in [2.05, 4.69) is 52.8 Å². The van der Waals surface area contributed by atoms with Gasteiger partial charge in [0.1, 0.15) is 0 Å². The summed E-state index contributed by atoms with van der Waals surface area (Å²) >= 11 is 0. The van der Waals surface area contributed by atoms with Crippen molar-refractivity contribution < 1.29 is 4.79 Å². The number of hydrogen-bond donors (Lipinski definition) is 1. The SMILES string of the molecule is O=C(NCc1ccc(Cn2ccnc2)cc1)[C@@H]1CCCc2ccccc21. The molecule has 1 atom stereocenters. The average Bonchev–Trinajstić information content (AvgIpc) is 3.20. The minimum atomic E-state index is -0.0135. The first-order valence-corrected chi connectivity index (χ1v) is 9.19. The van der Waals surface area contributed by atoms with E-state index in [4.69, 9.17) is 0 Å². The third kappa shape index (κ3) is 3.69. The highest BCUT2D eigenvalue weighted by molar-refractivity contribution is 5.84. The molecule has 1 N–H and O–H groups in total. The van der Waals surface area contributed by atoms with E-state index in [0.29, 0.717) is 6.54 Å². The molecule has 1 aliphatic rings. The molecule has 0 unspecified atom stereocenters. The maximum absolute atomic E-state index is 12.7. The molecule has 0 bridgehead atoms. The molecule has 3 aromatic rings. The molecular weight excluding hydrogens is 322 g/mol. The third-order valence-electron chi connectivity index (χ3n) is 5.10. The number of nitrogens with one attached hydrogen (secondary N) is 1. The lowest BCUT2D eigenvalue weighted by molar-refractivity contribution is -0.123. The van der Waals surface area contributed by atoms with Gasteiger partial charge in [0.15, 0.2) is 0 Å². The van der Waals surface area contributed by atoms with Crippen molar-refractivity contribution in [1.29, 1.82) is 0 Å². The number of carbonyl (C=O) groups excluding carboxylic acids is 1. The first kappa shape index (κ1) is 16.6. The summed E-state index contributed by atoms with van der Waals surface area (Å²) in [7, 11) is 0. The van der Waals surface area contributed by atoms with Gasteiger partial charge in [-0.2, -0.15) is 0 Å². The topological polar surface area (TPSA) is 46.9 Å². The summed E-state index contributed by atoms with van der Waals surface area (Å²) in [4.78, 5) is 16.8. The van der Waals surface area contributed by atoms with Crippen LogP contribution in [-0.2, 0) is 24.3 Å². The molecule has 0 aliphatic heterocycles. The zero-order valence-corrected chi connectivity index (χ0v) is 14.8. The molecule has 0 saturated carbocycles. The molecule has 1 aliphatic carbocycles. The molecule has 0 saturated heterocycles. The summed E-state index contributed by atoms with van der Waals surface area (Å²) in [5.41, 5.74) is 4.87. The number of imidazole rings is 1. The number of amides is 1. The first-order chi connectivity index (χ1) is 12.8. The fraction of sp³-hybridized carbons (Fsp3) is 0.273. The Bertz CT molecular complexity index is 869. The molecule has 1 aromatic heterocycles. The van der Waals surface area contributed by atoms with Gasteiger partial charge in [0.05, 0.1) is 12.2 Å². The quantitative estimate of drug-likeness (QED) is 0.767. The Hall–Kier alpha value is -2.88. The molecule has 1 amide bonds. The summed E-state index contributed by atoms with van der Waals surface area (Å²) < 4.78 is 2.04. The molecule has 0 spiro atoms. The van der Waals surface area contributed by atoms with Gasteiger partial charge >= 0.3 is 0 Å². The Balaban J connectivity index is 1.36. The lowest BCUT2D eigenvalue weighted by Crippen LogP contribution is -2.31. The Labute approximate surface area is 153 Å². The number of benzene rings is 2. The van der Waals surface area contributed by atoms with Gasteiger partial charge in [-0.3, -0.25) is 4.79 Å². The summed E-state index contributed by atoms with van der Waals surface area (Å²) in [6, 6.07) is 16.7. The van der Waals surface area contributed by atoms with Crippen LogP contribution in [-0.4, -0.2) is 15.5 Å². The number of carbonyl (C=O) groups is 1. The second-order valence-electron chi connectivity index (χ2n) is 6.91. The summed E-state index contributed by atoms with van der Waals surface area (Å²) in [5, 5.41) is 3.12. The van der Waals surface area contributed by atoms with Crippen molar-refractivity contribution in [1.82, 2.24) is 14.9 Å². The van der Waals surface area contributed by atoms with Crippen LogP contribution in [0, 0.1) is 0 Å². The second kappa shape index (κ2) is 7.56. The van der Waals surface area contributed by atoms with Crippen LogP contribution in [0.15, 0.2) is 67.3 Å². The predicted octanol–water partition coefficient (Wildman–Crippen LogP) is 3.67. The molecule has 0 fully saturated rings. The largest absolute Gasteiger partial charge is 0.351 e. The van der Waals surface area contributed by atoms with E-state index in [1.165, 1.54) is 16.7 Å². The Morgan fingerprint density at radius 2 is 1.92 bits per heavy atom. The zero-order valence-electron chi connectivity index (χ0n) is 14.8. The number of fused-ring (bicyclic) bond motifs is 1. The van der Waals surface area contributed by atoms with E-state index in [1.807, 2.05) is 23.2 Å². The number of aryl methyl sites for hydroxylation is 1. The number of nitrogens with zero attached hydrogens (tertiary/aromatic N) is 2. The molecule has 2 aromatic carbocycles. The van der Waals surface area contributed by atoms with Gasteiger partial charge in [-0.05, 0) is 41.5 Å². The second-order valence-corrected chi connectivity index (χ2v) is 6.91. The molecule has 4 nitrogen and oxygen atoms in total. The minimum absolute atomic E-state index is 0.0135. The van der Waals surface area contributed by atoms with Crippen LogP contribution in [0.2, 0.25) is 0 Å². The summed E-state index contributed by atoms with van der Waals surface area (Å²) in [6.07, 6.45) is 8.66. The standard InChI is InChI=1S/C22H23N3O/c26-22(21-7-3-5-19-4-1-2-6-20(19)21)24-14-17-8-10-18(11-9-17)15-25-13-12-23-16-25/h1-2,4,6,8-13,16,21H,3,5,7,14-15H2,(H,24,26)/t21-/m1/s1. The van der Waals surface area contributed by atoms with Crippen LogP contribution in [0.3, 0.4) is 0 Å².